The molecular weight excluding hydrogens is 452 g/mol. The second-order valence-electron chi connectivity index (χ2n) is 6.84. The molecule has 3 aromatic carbocycles. The third-order valence-electron chi connectivity index (χ3n) is 4.86. The summed E-state index contributed by atoms with van der Waals surface area (Å²) in [7, 11) is -3.78. The van der Waals surface area contributed by atoms with Gasteiger partial charge in [0.05, 0.1) is 15.5 Å². The predicted octanol–water partition coefficient (Wildman–Crippen LogP) is 5.49. The Kier molecular flexibility index (Phi) is 6.09. The fourth-order valence-corrected chi connectivity index (χ4v) is 5.55. The Labute approximate surface area is 190 Å². The van der Waals surface area contributed by atoms with E-state index < -0.39 is 9.84 Å². The number of aromatic nitrogens is 1. The number of hydrogen-bond donors (Lipinski definition) is 1. The molecular formula is C23H19ClN2O3S2. The number of benzene rings is 3. The molecule has 0 bridgehead atoms. The average Bonchev–Trinajstić information content (AvgIpc) is 3.13. The molecule has 5 nitrogen and oxygen atoms in total. The minimum Gasteiger partial charge on any atom is -0.337 e. The fraction of sp³-hybridized carbons (Fsp3) is 0.0870. The molecule has 4 aromatic rings. The van der Waals surface area contributed by atoms with Crippen molar-refractivity contribution in [1.82, 2.24) is 4.57 Å². The highest BCUT2D eigenvalue weighted by Crippen LogP contribution is 2.31. The number of halogens is 1. The van der Waals surface area contributed by atoms with Crippen LogP contribution < -0.4 is 5.32 Å². The van der Waals surface area contributed by atoms with Crippen molar-refractivity contribution >= 4 is 55.7 Å². The Hall–Kier alpha value is -2.74. The zero-order valence-electron chi connectivity index (χ0n) is 16.6. The molecule has 31 heavy (non-hydrogen) atoms. The van der Waals surface area contributed by atoms with Crippen molar-refractivity contribution in [3.05, 3.63) is 84.0 Å². The molecule has 0 fully saturated rings. The van der Waals surface area contributed by atoms with Gasteiger partial charge in [-0.2, -0.15) is 0 Å². The molecule has 0 radical (unpaired) electrons. The van der Waals surface area contributed by atoms with Crippen molar-refractivity contribution in [2.24, 2.45) is 0 Å². The van der Waals surface area contributed by atoms with Crippen molar-refractivity contribution in [2.45, 2.75) is 21.2 Å². The van der Waals surface area contributed by atoms with Crippen molar-refractivity contribution in [3.8, 4) is 0 Å². The number of thioether (sulfide) groups is 1. The number of carbonyl (C=O) groups excluding carboxylic acids is 1. The summed E-state index contributed by atoms with van der Waals surface area (Å²) in [6.07, 6.45) is 3.47. The van der Waals surface area contributed by atoms with Crippen molar-refractivity contribution in [1.29, 1.82) is 0 Å². The van der Waals surface area contributed by atoms with E-state index in [1.54, 1.807) is 46.7 Å². The van der Waals surface area contributed by atoms with Gasteiger partial charge >= 0.3 is 0 Å². The number of nitrogens with one attached hydrogen (secondary N) is 1. The highest BCUT2D eigenvalue weighted by Gasteiger charge is 2.24. The lowest BCUT2D eigenvalue weighted by Crippen LogP contribution is -2.18. The topological polar surface area (TPSA) is 68.2 Å². The molecule has 0 aliphatic carbocycles. The van der Waals surface area contributed by atoms with Gasteiger partial charge in [-0.15, -0.1) is 11.8 Å². The van der Waals surface area contributed by atoms with E-state index in [4.69, 9.17) is 11.6 Å². The standard InChI is InChI=1S/C23H19ClN2O3S2/c1-30-21-9-5-3-7-19(21)25-23(27)15-26-14-22(18-6-2-4-8-20(18)26)31(28,29)17-12-10-16(24)11-13-17/h2-14H,15H2,1H3,(H,25,27). The number of rotatable bonds is 6. The van der Waals surface area contributed by atoms with Crippen LogP contribution >= 0.6 is 23.4 Å². The third kappa shape index (κ3) is 4.35. The number of nitrogens with zero attached hydrogens (tertiary/aromatic N) is 1. The van der Waals surface area contributed by atoms with Crippen LogP contribution in [0, 0.1) is 0 Å². The predicted molar refractivity (Wildman–Crippen MR) is 126 cm³/mol. The molecule has 4 rings (SSSR count). The van der Waals surface area contributed by atoms with E-state index in [-0.39, 0.29) is 22.2 Å². The minimum atomic E-state index is -3.78. The number of anilines is 1. The van der Waals surface area contributed by atoms with Gasteiger partial charge in [0.25, 0.3) is 0 Å². The fourth-order valence-electron chi connectivity index (χ4n) is 3.39. The first-order valence-corrected chi connectivity index (χ1v) is 12.5. The van der Waals surface area contributed by atoms with Gasteiger partial charge in [-0.05, 0) is 48.7 Å². The molecule has 8 heteroatoms. The Morgan fingerprint density at radius 3 is 2.42 bits per heavy atom. The molecule has 1 heterocycles. The van der Waals surface area contributed by atoms with Crippen LogP contribution in [0.3, 0.4) is 0 Å². The van der Waals surface area contributed by atoms with Gasteiger partial charge in [-0.1, -0.05) is 41.9 Å². The quantitative estimate of drug-likeness (QED) is 0.378. The molecule has 0 saturated heterocycles. The molecule has 1 N–H and O–H groups in total. The van der Waals surface area contributed by atoms with Gasteiger partial charge in [0, 0.05) is 27.0 Å². The summed E-state index contributed by atoms with van der Waals surface area (Å²) < 4.78 is 28.2. The zero-order valence-corrected chi connectivity index (χ0v) is 19.0. The maximum Gasteiger partial charge on any atom is 0.244 e. The minimum absolute atomic E-state index is 0.0145. The lowest BCUT2D eigenvalue weighted by molar-refractivity contribution is -0.116. The highest BCUT2D eigenvalue weighted by atomic mass is 35.5. The Morgan fingerprint density at radius 1 is 1.00 bits per heavy atom. The van der Waals surface area contributed by atoms with E-state index >= 15 is 0 Å². The van der Waals surface area contributed by atoms with E-state index in [1.807, 2.05) is 36.6 Å². The van der Waals surface area contributed by atoms with Gasteiger partial charge in [0.2, 0.25) is 15.7 Å². The summed E-state index contributed by atoms with van der Waals surface area (Å²) in [4.78, 5) is 14.0. The van der Waals surface area contributed by atoms with Gasteiger partial charge < -0.3 is 9.88 Å². The third-order valence-corrected chi connectivity index (χ3v) is 7.71. The summed E-state index contributed by atoms with van der Waals surface area (Å²) in [6, 6.07) is 20.7. The van der Waals surface area contributed by atoms with Gasteiger partial charge in [-0.25, -0.2) is 8.42 Å². The SMILES string of the molecule is CSc1ccccc1NC(=O)Cn1cc(S(=O)(=O)c2ccc(Cl)cc2)c2ccccc21. The summed E-state index contributed by atoms with van der Waals surface area (Å²) in [6.45, 7) is -0.0145. The number of para-hydroxylation sites is 2. The van der Waals surface area contributed by atoms with Crippen LogP contribution in [0.1, 0.15) is 0 Å². The van der Waals surface area contributed by atoms with Crippen molar-refractivity contribution < 1.29 is 13.2 Å². The number of sulfone groups is 1. The number of carbonyl (C=O) groups is 1. The van der Waals surface area contributed by atoms with E-state index in [9.17, 15) is 13.2 Å². The van der Waals surface area contributed by atoms with Gasteiger partial charge in [0.15, 0.2) is 0 Å². The molecule has 158 valence electrons. The van der Waals surface area contributed by atoms with Crippen molar-refractivity contribution in [3.63, 3.8) is 0 Å². The van der Waals surface area contributed by atoms with Crippen LogP contribution in [0.15, 0.2) is 93.7 Å². The van der Waals surface area contributed by atoms with Crippen molar-refractivity contribution in [2.75, 3.05) is 11.6 Å². The number of hydrogen-bond acceptors (Lipinski definition) is 4. The Bertz CT molecular complexity index is 1360. The largest absolute Gasteiger partial charge is 0.337 e. The number of amides is 1. The second kappa shape index (κ2) is 8.78. The lowest BCUT2D eigenvalue weighted by Gasteiger charge is -2.10. The Balaban J connectivity index is 1.70. The maximum absolute atomic E-state index is 13.3. The molecule has 0 aliphatic heterocycles. The lowest BCUT2D eigenvalue weighted by atomic mass is 10.2. The summed E-state index contributed by atoms with van der Waals surface area (Å²) in [5.41, 5.74) is 1.40. The molecule has 0 unspecified atom stereocenters. The Morgan fingerprint density at radius 2 is 1.68 bits per heavy atom. The number of fused-ring (bicyclic) bond motifs is 1. The van der Waals surface area contributed by atoms with Crippen LogP contribution in [-0.4, -0.2) is 25.1 Å². The molecule has 1 aromatic heterocycles. The van der Waals surface area contributed by atoms with Crippen LogP contribution in [0.25, 0.3) is 10.9 Å². The molecule has 0 saturated carbocycles. The summed E-state index contributed by atoms with van der Waals surface area (Å²) in [5.74, 6) is -0.238. The first-order chi connectivity index (χ1) is 14.9. The van der Waals surface area contributed by atoms with E-state index in [2.05, 4.69) is 5.32 Å². The van der Waals surface area contributed by atoms with E-state index in [0.29, 0.717) is 15.9 Å². The average molecular weight is 471 g/mol. The highest BCUT2D eigenvalue weighted by molar-refractivity contribution is 7.98. The van der Waals surface area contributed by atoms with E-state index in [0.717, 1.165) is 10.6 Å². The summed E-state index contributed by atoms with van der Waals surface area (Å²) >= 11 is 7.45. The first-order valence-electron chi connectivity index (χ1n) is 9.41. The molecule has 1 amide bonds. The first kappa shape index (κ1) is 21.5. The molecule has 0 aliphatic rings. The smallest absolute Gasteiger partial charge is 0.244 e. The van der Waals surface area contributed by atoms with Gasteiger partial charge in [0.1, 0.15) is 6.54 Å². The van der Waals surface area contributed by atoms with Crippen LogP contribution in [0.5, 0.6) is 0 Å². The normalized spacial score (nSPS) is 11.5. The van der Waals surface area contributed by atoms with Gasteiger partial charge in [-0.3, -0.25) is 4.79 Å². The second-order valence-corrected chi connectivity index (χ2v) is 10.0. The molecule has 0 atom stereocenters. The van der Waals surface area contributed by atoms with Crippen LogP contribution in [0.2, 0.25) is 5.02 Å². The monoisotopic (exact) mass is 470 g/mol. The zero-order chi connectivity index (χ0) is 22.0. The van der Waals surface area contributed by atoms with E-state index in [1.165, 1.54) is 18.3 Å². The molecule has 0 spiro atoms. The summed E-state index contributed by atoms with van der Waals surface area (Å²) in [5, 5.41) is 3.94. The van der Waals surface area contributed by atoms with Crippen LogP contribution in [0.4, 0.5) is 5.69 Å². The van der Waals surface area contributed by atoms with Crippen LogP contribution in [-0.2, 0) is 21.2 Å². The maximum atomic E-state index is 13.3.